The van der Waals surface area contributed by atoms with Crippen LogP contribution in [-0.2, 0) is 4.74 Å². The van der Waals surface area contributed by atoms with E-state index < -0.39 is 4.92 Å². The van der Waals surface area contributed by atoms with Crippen molar-refractivity contribution in [1.82, 2.24) is 9.97 Å². The van der Waals surface area contributed by atoms with E-state index in [4.69, 9.17) is 4.74 Å². The zero-order valence-electron chi connectivity index (χ0n) is 13.1. The van der Waals surface area contributed by atoms with Gasteiger partial charge < -0.3 is 15.0 Å². The van der Waals surface area contributed by atoms with Crippen LogP contribution in [0.4, 0.5) is 17.3 Å². The molecular formula is C14H23N5O3. The van der Waals surface area contributed by atoms with Gasteiger partial charge >= 0.3 is 5.69 Å². The van der Waals surface area contributed by atoms with Crippen LogP contribution >= 0.6 is 0 Å². The van der Waals surface area contributed by atoms with Gasteiger partial charge in [0.2, 0.25) is 11.6 Å². The molecule has 0 radical (unpaired) electrons. The number of hydrogen-bond donors (Lipinski definition) is 1. The van der Waals surface area contributed by atoms with Crippen molar-refractivity contribution in [3.8, 4) is 0 Å². The number of nitrogens with one attached hydrogen (secondary N) is 1. The number of ether oxygens (including phenoxy) is 1. The smallest absolute Gasteiger partial charge is 0.353 e. The summed E-state index contributed by atoms with van der Waals surface area (Å²) in [7, 11) is 1.81. The molecule has 1 atom stereocenters. The van der Waals surface area contributed by atoms with E-state index >= 15 is 0 Å². The first kappa shape index (κ1) is 16.4. The molecule has 0 bridgehead atoms. The van der Waals surface area contributed by atoms with E-state index in [9.17, 15) is 10.1 Å². The molecule has 1 aromatic heterocycles. The molecule has 8 heteroatoms. The van der Waals surface area contributed by atoms with Crippen molar-refractivity contribution >= 4 is 17.3 Å². The maximum Gasteiger partial charge on any atom is 0.353 e. The minimum Gasteiger partial charge on any atom is -0.376 e. The van der Waals surface area contributed by atoms with Gasteiger partial charge in [-0.25, -0.2) is 9.97 Å². The highest BCUT2D eigenvalue weighted by molar-refractivity contribution is 5.70. The van der Waals surface area contributed by atoms with Gasteiger partial charge in [0.25, 0.3) is 0 Å². The van der Waals surface area contributed by atoms with Crippen molar-refractivity contribution in [2.45, 2.75) is 38.7 Å². The SMILES string of the molecule is CCCCN(C)c1ncnc(NCC2CCCO2)c1[N+](=O)[O-]. The standard InChI is InChI=1S/C14H23N5O3/c1-3-4-7-18(2)14-12(19(20)21)13(16-10-17-14)15-9-11-6-5-8-22-11/h10-11H,3-9H2,1-2H3,(H,15,16,17). The van der Waals surface area contributed by atoms with E-state index in [-0.39, 0.29) is 17.6 Å². The van der Waals surface area contributed by atoms with E-state index in [0.29, 0.717) is 12.4 Å². The molecule has 1 aromatic rings. The zero-order chi connectivity index (χ0) is 15.9. The van der Waals surface area contributed by atoms with E-state index in [0.717, 1.165) is 38.8 Å². The first-order chi connectivity index (χ1) is 10.6. The number of rotatable bonds is 8. The average molecular weight is 309 g/mol. The molecule has 1 fully saturated rings. The van der Waals surface area contributed by atoms with Crippen LogP contribution in [-0.4, -0.2) is 47.7 Å². The first-order valence-corrected chi connectivity index (χ1v) is 7.69. The molecule has 1 unspecified atom stereocenters. The summed E-state index contributed by atoms with van der Waals surface area (Å²) in [6.07, 6.45) is 5.43. The fraction of sp³-hybridized carbons (Fsp3) is 0.714. The molecule has 22 heavy (non-hydrogen) atoms. The Kier molecular flexibility index (Phi) is 5.88. The largest absolute Gasteiger partial charge is 0.376 e. The van der Waals surface area contributed by atoms with Gasteiger partial charge in [0, 0.05) is 26.7 Å². The van der Waals surface area contributed by atoms with Crippen LogP contribution < -0.4 is 10.2 Å². The van der Waals surface area contributed by atoms with E-state index in [2.05, 4.69) is 22.2 Å². The normalized spacial score (nSPS) is 17.5. The molecule has 1 saturated heterocycles. The van der Waals surface area contributed by atoms with E-state index in [1.165, 1.54) is 6.33 Å². The summed E-state index contributed by atoms with van der Waals surface area (Å²) in [4.78, 5) is 21.0. The van der Waals surface area contributed by atoms with Gasteiger partial charge in [-0.1, -0.05) is 13.3 Å². The van der Waals surface area contributed by atoms with Crippen molar-refractivity contribution in [1.29, 1.82) is 0 Å². The number of nitro groups is 1. The molecular weight excluding hydrogens is 286 g/mol. The maximum absolute atomic E-state index is 11.4. The lowest BCUT2D eigenvalue weighted by atomic mass is 10.2. The van der Waals surface area contributed by atoms with Gasteiger partial charge in [0.05, 0.1) is 11.0 Å². The second kappa shape index (κ2) is 7.88. The molecule has 0 saturated carbocycles. The Hall–Kier alpha value is -1.96. The Labute approximate surface area is 130 Å². The zero-order valence-corrected chi connectivity index (χ0v) is 13.1. The molecule has 1 aliphatic heterocycles. The molecule has 0 aromatic carbocycles. The Morgan fingerprint density at radius 1 is 1.55 bits per heavy atom. The number of unbranched alkanes of at least 4 members (excludes halogenated alkanes) is 1. The third-order valence-electron chi connectivity index (χ3n) is 3.72. The Bertz CT molecular complexity index is 505. The molecule has 0 spiro atoms. The van der Waals surface area contributed by atoms with Crippen molar-refractivity contribution in [3.63, 3.8) is 0 Å². The predicted octanol–water partition coefficient (Wildman–Crippen LogP) is 2.21. The minimum absolute atomic E-state index is 0.0703. The quantitative estimate of drug-likeness (QED) is 0.581. The van der Waals surface area contributed by atoms with Crippen molar-refractivity contribution < 1.29 is 9.66 Å². The van der Waals surface area contributed by atoms with Crippen molar-refractivity contribution in [3.05, 3.63) is 16.4 Å². The first-order valence-electron chi connectivity index (χ1n) is 7.69. The Balaban J connectivity index is 2.15. The summed E-state index contributed by atoms with van der Waals surface area (Å²) in [5.74, 6) is 0.608. The van der Waals surface area contributed by atoms with Gasteiger partial charge in [-0.15, -0.1) is 0 Å². The van der Waals surface area contributed by atoms with Crippen molar-refractivity contribution in [2.75, 3.05) is 37.0 Å². The fourth-order valence-electron chi connectivity index (χ4n) is 2.46. The summed E-state index contributed by atoms with van der Waals surface area (Å²) >= 11 is 0. The molecule has 1 aliphatic rings. The maximum atomic E-state index is 11.4. The van der Waals surface area contributed by atoms with Gasteiger partial charge in [-0.05, 0) is 19.3 Å². The highest BCUT2D eigenvalue weighted by Crippen LogP contribution is 2.31. The molecule has 8 nitrogen and oxygen atoms in total. The van der Waals surface area contributed by atoms with Gasteiger partial charge in [-0.2, -0.15) is 0 Å². The third kappa shape index (κ3) is 4.03. The second-order valence-electron chi connectivity index (χ2n) is 5.44. The van der Waals surface area contributed by atoms with E-state index in [1.54, 1.807) is 4.90 Å². The van der Waals surface area contributed by atoms with Gasteiger partial charge in [0.15, 0.2) is 0 Å². The Morgan fingerprint density at radius 2 is 2.36 bits per heavy atom. The number of nitrogens with zero attached hydrogens (tertiary/aromatic N) is 4. The Morgan fingerprint density at radius 3 is 3.00 bits per heavy atom. The summed E-state index contributed by atoms with van der Waals surface area (Å²) in [6.45, 7) is 4.08. The van der Waals surface area contributed by atoms with E-state index in [1.807, 2.05) is 7.05 Å². The van der Waals surface area contributed by atoms with Crippen LogP contribution in [0, 0.1) is 10.1 Å². The highest BCUT2D eigenvalue weighted by atomic mass is 16.6. The molecule has 1 N–H and O–H groups in total. The highest BCUT2D eigenvalue weighted by Gasteiger charge is 2.26. The monoisotopic (exact) mass is 309 g/mol. The van der Waals surface area contributed by atoms with Crippen molar-refractivity contribution in [2.24, 2.45) is 0 Å². The lowest BCUT2D eigenvalue weighted by molar-refractivity contribution is -0.383. The van der Waals surface area contributed by atoms with Crippen LogP contribution in [0.5, 0.6) is 0 Å². The lowest BCUT2D eigenvalue weighted by Gasteiger charge is -2.18. The third-order valence-corrected chi connectivity index (χ3v) is 3.72. The lowest BCUT2D eigenvalue weighted by Crippen LogP contribution is -2.23. The van der Waals surface area contributed by atoms with Gasteiger partial charge in [-0.3, -0.25) is 10.1 Å². The van der Waals surface area contributed by atoms with Gasteiger partial charge in [0.1, 0.15) is 6.33 Å². The molecule has 0 aliphatic carbocycles. The average Bonchev–Trinajstić information content (AvgIpc) is 3.03. The van der Waals surface area contributed by atoms with Crippen LogP contribution in [0.1, 0.15) is 32.6 Å². The number of aromatic nitrogens is 2. The molecule has 2 heterocycles. The molecule has 122 valence electrons. The summed E-state index contributed by atoms with van der Waals surface area (Å²) in [5, 5.41) is 14.5. The van der Waals surface area contributed by atoms with Crippen LogP contribution in [0.3, 0.4) is 0 Å². The number of anilines is 2. The topological polar surface area (TPSA) is 93.4 Å². The molecule has 0 amide bonds. The summed E-state index contributed by atoms with van der Waals surface area (Å²) < 4.78 is 5.52. The predicted molar refractivity (Wildman–Crippen MR) is 84.3 cm³/mol. The second-order valence-corrected chi connectivity index (χ2v) is 5.44. The van der Waals surface area contributed by atoms with Crippen LogP contribution in [0.25, 0.3) is 0 Å². The van der Waals surface area contributed by atoms with Crippen LogP contribution in [0.2, 0.25) is 0 Å². The fourth-order valence-corrected chi connectivity index (χ4v) is 2.46. The molecule has 2 rings (SSSR count). The summed E-state index contributed by atoms with van der Waals surface area (Å²) in [6, 6.07) is 0. The summed E-state index contributed by atoms with van der Waals surface area (Å²) in [5.41, 5.74) is -0.0703. The number of hydrogen-bond acceptors (Lipinski definition) is 7. The van der Waals surface area contributed by atoms with Crippen LogP contribution in [0.15, 0.2) is 6.33 Å². The minimum atomic E-state index is -0.421.